The Morgan fingerprint density at radius 2 is 2.24 bits per heavy atom. The molecule has 2 heterocycles. The van der Waals surface area contributed by atoms with Crippen LogP contribution in [0.2, 0.25) is 5.02 Å². The number of nitrogens with one attached hydrogen (secondary N) is 1. The lowest BCUT2D eigenvalue weighted by atomic mass is 9.99. The van der Waals surface area contributed by atoms with Crippen molar-refractivity contribution in [2.75, 3.05) is 11.1 Å². The highest BCUT2D eigenvalue weighted by Crippen LogP contribution is 2.24. The molecule has 0 bridgehead atoms. The van der Waals surface area contributed by atoms with E-state index in [0.29, 0.717) is 27.4 Å². The zero-order valence-corrected chi connectivity index (χ0v) is 15.5. The largest absolute Gasteiger partial charge is 0.374 e. The SMILES string of the molecule is Cc1cc(C2=NN(C(N)=S)C(=O)C(Nc3nnc(N)s3)C2)ccc1Cl. The summed E-state index contributed by atoms with van der Waals surface area (Å²) in [5.41, 5.74) is 13.6. The summed E-state index contributed by atoms with van der Waals surface area (Å²) in [6.07, 6.45) is 0.332. The second-order valence-electron chi connectivity index (χ2n) is 5.35. The summed E-state index contributed by atoms with van der Waals surface area (Å²) in [5, 5.41) is 17.2. The Hall–Kier alpha value is -2.30. The summed E-state index contributed by atoms with van der Waals surface area (Å²) < 4.78 is 0. The summed E-state index contributed by atoms with van der Waals surface area (Å²) in [6, 6.07) is 4.87. The number of nitrogen functional groups attached to an aromatic ring is 1. The van der Waals surface area contributed by atoms with Gasteiger partial charge in [0.15, 0.2) is 5.11 Å². The van der Waals surface area contributed by atoms with Gasteiger partial charge in [-0.2, -0.15) is 10.1 Å². The number of carbonyl (C=O) groups is 1. The number of amides is 1. The molecule has 0 saturated carbocycles. The van der Waals surface area contributed by atoms with E-state index in [-0.39, 0.29) is 11.0 Å². The number of benzene rings is 1. The smallest absolute Gasteiger partial charge is 0.272 e. The van der Waals surface area contributed by atoms with Gasteiger partial charge in [-0.15, -0.1) is 10.2 Å². The molecule has 1 unspecified atom stereocenters. The van der Waals surface area contributed by atoms with Gasteiger partial charge in [-0.25, -0.2) is 0 Å². The predicted octanol–water partition coefficient (Wildman–Crippen LogP) is 1.74. The lowest BCUT2D eigenvalue weighted by Gasteiger charge is -2.28. The summed E-state index contributed by atoms with van der Waals surface area (Å²) in [4.78, 5) is 12.6. The Labute approximate surface area is 157 Å². The number of nitrogens with two attached hydrogens (primary N) is 2. The van der Waals surface area contributed by atoms with E-state index in [1.54, 1.807) is 6.07 Å². The molecule has 25 heavy (non-hydrogen) atoms. The maximum Gasteiger partial charge on any atom is 0.272 e. The van der Waals surface area contributed by atoms with E-state index in [4.69, 9.17) is 35.3 Å². The van der Waals surface area contributed by atoms with Crippen molar-refractivity contribution in [2.45, 2.75) is 19.4 Å². The number of aryl methyl sites for hydroxylation is 1. The van der Waals surface area contributed by atoms with Gasteiger partial charge >= 0.3 is 0 Å². The molecule has 0 aliphatic carbocycles. The number of thiocarbonyl (C=S) groups is 1. The highest BCUT2D eigenvalue weighted by molar-refractivity contribution is 7.80. The Kier molecular flexibility index (Phi) is 4.84. The van der Waals surface area contributed by atoms with Crippen molar-refractivity contribution in [3.8, 4) is 0 Å². The van der Waals surface area contributed by atoms with Crippen LogP contribution in [0.25, 0.3) is 0 Å². The van der Waals surface area contributed by atoms with Crippen LogP contribution >= 0.6 is 35.2 Å². The molecule has 1 aromatic carbocycles. The topological polar surface area (TPSA) is 123 Å². The molecule has 2 aromatic rings. The van der Waals surface area contributed by atoms with Crippen molar-refractivity contribution < 1.29 is 4.79 Å². The maximum absolute atomic E-state index is 12.6. The average molecular weight is 396 g/mol. The third kappa shape index (κ3) is 3.70. The summed E-state index contributed by atoms with van der Waals surface area (Å²) >= 11 is 12.2. The van der Waals surface area contributed by atoms with Gasteiger partial charge in [0.05, 0.1) is 5.71 Å². The predicted molar refractivity (Wildman–Crippen MR) is 103 cm³/mol. The van der Waals surface area contributed by atoms with Gasteiger partial charge in [-0.05, 0) is 42.4 Å². The molecular formula is C14H14ClN7OS2. The Morgan fingerprint density at radius 1 is 1.48 bits per heavy atom. The van der Waals surface area contributed by atoms with Crippen molar-refractivity contribution >= 4 is 62.2 Å². The Balaban J connectivity index is 1.94. The minimum Gasteiger partial charge on any atom is -0.374 e. The lowest BCUT2D eigenvalue weighted by molar-refractivity contribution is -0.128. The molecule has 0 radical (unpaired) electrons. The molecule has 0 spiro atoms. The van der Waals surface area contributed by atoms with Crippen LogP contribution in [0.4, 0.5) is 10.3 Å². The number of halogens is 1. The first kappa shape index (κ1) is 17.5. The van der Waals surface area contributed by atoms with Crippen LogP contribution in [-0.2, 0) is 4.79 Å². The van der Waals surface area contributed by atoms with Crippen molar-refractivity contribution in [1.82, 2.24) is 15.2 Å². The molecule has 3 rings (SSSR count). The fourth-order valence-corrected chi connectivity index (χ4v) is 3.16. The first-order valence-corrected chi connectivity index (χ1v) is 8.78. The minimum atomic E-state index is -0.641. The molecule has 1 amide bonds. The lowest BCUT2D eigenvalue weighted by Crippen LogP contribution is -2.50. The number of hydrazone groups is 1. The van der Waals surface area contributed by atoms with E-state index in [9.17, 15) is 4.79 Å². The number of hydrogen-bond donors (Lipinski definition) is 3. The van der Waals surface area contributed by atoms with Gasteiger partial charge in [-0.1, -0.05) is 29.0 Å². The van der Waals surface area contributed by atoms with E-state index in [1.165, 1.54) is 0 Å². The summed E-state index contributed by atoms with van der Waals surface area (Å²) in [6.45, 7) is 1.89. The molecule has 1 aliphatic rings. The fourth-order valence-electron chi connectivity index (χ4n) is 2.35. The molecule has 130 valence electrons. The van der Waals surface area contributed by atoms with Crippen molar-refractivity contribution in [2.24, 2.45) is 10.8 Å². The molecule has 0 saturated heterocycles. The molecule has 1 atom stereocenters. The number of nitrogens with zero attached hydrogens (tertiary/aromatic N) is 4. The standard InChI is InChI=1S/C14H14ClN7OS2/c1-6-4-7(2-3-8(6)15)9-5-10(11(23)22(21-9)13(17)24)18-14-20-19-12(16)25-14/h2-4,10H,5H2,1H3,(H2,16,19)(H2,17,24)(H,18,20). The van der Waals surface area contributed by atoms with Crippen molar-refractivity contribution in [3.63, 3.8) is 0 Å². The third-order valence-electron chi connectivity index (χ3n) is 3.56. The normalized spacial score (nSPS) is 17.4. The van der Waals surface area contributed by atoms with E-state index in [1.807, 2.05) is 19.1 Å². The monoisotopic (exact) mass is 395 g/mol. The van der Waals surface area contributed by atoms with Crippen LogP contribution in [0.5, 0.6) is 0 Å². The van der Waals surface area contributed by atoms with E-state index in [2.05, 4.69) is 20.6 Å². The Bertz CT molecular complexity index is 882. The molecule has 1 aromatic heterocycles. The van der Waals surface area contributed by atoms with Crippen LogP contribution in [0.3, 0.4) is 0 Å². The number of carbonyl (C=O) groups excluding carboxylic acids is 1. The van der Waals surface area contributed by atoms with E-state index in [0.717, 1.165) is 27.5 Å². The average Bonchev–Trinajstić information content (AvgIpc) is 2.97. The molecule has 1 aliphatic heterocycles. The van der Waals surface area contributed by atoms with Gasteiger partial charge in [0, 0.05) is 11.4 Å². The Morgan fingerprint density at radius 3 is 2.84 bits per heavy atom. The number of aromatic nitrogens is 2. The molecule has 11 heteroatoms. The second kappa shape index (κ2) is 6.90. The van der Waals surface area contributed by atoms with Crippen molar-refractivity contribution in [3.05, 3.63) is 34.3 Å². The highest BCUT2D eigenvalue weighted by atomic mass is 35.5. The van der Waals surface area contributed by atoms with Gasteiger partial charge in [0.2, 0.25) is 10.3 Å². The van der Waals surface area contributed by atoms with Crippen LogP contribution in [0.1, 0.15) is 17.5 Å². The zero-order chi connectivity index (χ0) is 18.1. The first-order chi connectivity index (χ1) is 11.8. The summed E-state index contributed by atoms with van der Waals surface area (Å²) in [5.74, 6) is -0.365. The highest BCUT2D eigenvalue weighted by Gasteiger charge is 2.33. The van der Waals surface area contributed by atoms with Crippen LogP contribution in [-0.4, -0.2) is 38.0 Å². The van der Waals surface area contributed by atoms with Crippen LogP contribution in [0, 0.1) is 6.92 Å². The number of anilines is 2. The number of hydrogen-bond acceptors (Lipinski definition) is 8. The van der Waals surface area contributed by atoms with E-state index >= 15 is 0 Å². The van der Waals surface area contributed by atoms with Gasteiger partial charge < -0.3 is 16.8 Å². The minimum absolute atomic E-state index is 0.128. The maximum atomic E-state index is 12.6. The summed E-state index contributed by atoms with van der Waals surface area (Å²) in [7, 11) is 0. The van der Waals surface area contributed by atoms with Gasteiger partial charge in [0.1, 0.15) is 6.04 Å². The number of rotatable bonds is 3. The van der Waals surface area contributed by atoms with Crippen molar-refractivity contribution in [1.29, 1.82) is 0 Å². The molecular weight excluding hydrogens is 382 g/mol. The first-order valence-electron chi connectivity index (χ1n) is 7.18. The van der Waals surface area contributed by atoms with Gasteiger partial charge in [0.25, 0.3) is 5.91 Å². The molecule has 0 fully saturated rings. The molecule has 8 nitrogen and oxygen atoms in total. The quantitative estimate of drug-likeness (QED) is 0.676. The molecule has 5 N–H and O–H groups in total. The van der Waals surface area contributed by atoms with Crippen LogP contribution < -0.4 is 16.8 Å². The van der Waals surface area contributed by atoms with Crippen LogP contribution in [0.15, 0.2) is 23.3 Å². The third-order valence-corrected chi connectivity index (χ3v) is 4.84. The fraction of sp³-hybridized carbons (Fsp3) is 0.214. The van der Waals surface area contributed by atoms with Gasteiger partial charge in [-0.3, -0.25) is 4.79 Å². The van der Waals surface area contributed by atoms with E-state index < -0.39 is 6.04 Å². The zero-order valence-electron chi connectivity index (χ0n) is 13.1. The second-order valence-corrected chi connectivity index (χ2v) is 7.18.